The van der Waals surface area contributed by atoms with E-state index in [9.17, 15) is 4.79 Å². The zero-order valence-electron chi connectivity index (χ0n) is 13.3. The number of amides is 1. The quantitative estimate of drug-likeness (QED) is 0.794. The zero-order chi connectivity index (χ0) is 16.4. The molecule has 0 saturated carbocycles. The second-order valence-corrected chi connectivity index (χ2v) is 5.51. The van der Waals surface area contributed by atoms with Crippen molar-refractivity contribution in [3.8, 4) is 5.75 Å². The van der Waals surface area contributed by atoms with Gasteiger partial charge in [-0.25, -0.2) is 0 Å². The third-order valence-electron chi connectivity index (χ3n) is 3.84. The van der Waals surface area contributed by atoms with Gasteiger partial charge in [-0.3, -0.25) is 4.79 Å². The van der Waals surface area contributed by atoms with Gasteiger partial charge in [-0.15, -0.1) is 0 Å². The molecule has 0 saturated heterocycles. The van der Waals surface area contributed by atoms with Crippen LogP contribution in [0, 0.1) is 6.92 Å². The van der Waals surface area contributed by atoms with Crippen molar-refractivity contribution in [1.29, 1.82) is 0 Å². The standard InChI is InChI=1S/C18H18N2O3/c1-11-8-17(20-23-11)19-18(21)12(2)13-4-5-15-10-16(22-3)7-6-14(15)9-13/h4-10,12H,1-3H3,(H,19,20,21)/t12-/m1/s1. The molecule has 1 aromatic heterocycles. The molecule has 3 rings (SSSR count). The summed E-state index contributed by atoms with van der Waals surface area (Å²) >= 11 is 0. The third kappa shape index (κ3) is 3.18. The molecule has 0 radical (unpaired) electrons. The van der Waals surface area contributed by atoms with E-state index in [1.165, 1.54) is 0 Å². The van der Waals surface area contributed by atoms with Crippen LogP contribution in [0.25, 0.3) is 10.8 Å². The number of nitrogens with one attached hydrogen (secondary N) is 1. The summed E-state index contributed by atoms with van der Waals surface area (Å²) in [7, 11) is 1.65. The molecule has 23 heavy (non-hydrogen) atoms. The second kappa shape index (κ2) is 6.12. The summed E-state index contributed by atoms with van der Waals surface area (Å²) in [5.41, 5.74) is 0.945. The van der Waals surface area contributed by atoms with E-state index in [0.717, 1.165) is 22.1 Å². The molecule has 1 atom stereocenters. The maximum Gasteiger partial charge on any atom is 0.232 e. The van der Waals surface area contributed by atoms with Crippen molar-refractivity contribution in [3.05, 3.63) is 53.8 Å². The van der Waals surface area contributed by atoms with Crippen molar-refractivity contribution < 1.29 is 14.1 Å². The Labute approximate surface area is 134 Å². The van der Waals surface area contributed by atoms with Gasteiger partial charge < -0.3 is 14.6 Å². The van der Waals surface area contributed by atoms with Gasteiger partial charge in [-0.05, 0) is 42.3 Å². The van der Waals surface area contributed by atoms with Gasteiger partial charge >= 0.3 is 0 Å². The van der Waals surface area contributed by atoms with Crippen molar-refractivity contribution >= 4 is 22.5 Å². The van der Waals surface area contributed by atoms with Crippen molar-refractivity contribution in [1.82, 2.24) is 5.16 Å². The summed E-state index contributed by atoms with van der Waals surface area (Å²) in [6, 6.07) is 13.5. The first-order chi connectivity index (χ1) is 11.1. The van der Waals surface area contributed by atoms with E-state index in [1.54, 1.807) is 20.1 Å². The van der Waals surface area contributed by atoms with Crippen LogP contribution in [-0.2, 0) is 4.79 Å². The number of hydrogen-bond acceptors (Lipinski definition) is 4. The van der Waals surface area contributed by atoms with Gasteiger partial charge in [0.15, 0.2) is 5.82 Å². The van der Waals surface area contributed by atoms with Gasteiger partial charge in [-0.1, -0.05) is 29.4 Å². The molecule has 118 valence electrons. The topological polar surface area (TPSA) is 64.4 Å². The Balaban J connectivity index is 1.82. The molecule has 0 fully saturated rings. The van der Waals surface area contributed by atoms with Crippen LogP contribution in [0.5, 0.6) is 5.75 Å². The van der Waals surface area contributed by atoms with E-state index in [2.05, 4.69) is 10.5 Å². The number of hydrogen-bond donors (Lipinski definition) is 1. The lowest BCUT2D eigenvalue weighted by Crippen LogP contribution is -2.19. The van der Waals surface area contributed by atoms with Crippen LogP contribution in [0.2, 0.25) is 0 Å². The largest absolute Gasteiger partial charge is 0.497 e. The number of benzene rings is 2. The molecule has 5 nitrogen and oxygen atoms in total. The van der Waals surface area contributed by atoms with Crippen LogP contribution in [0.4, 0.5) is 5.82 Å². The van der Waals surface area contributed by atoms with Gasteiger partial charge in [0, 0.05) is 6.07 Å². The molecule has 3 aromatic rings. The van der Waals surface area contributed by atoms with Crippen LogP contribution in [0.3, 0.4) is 0 Å². The summed E-state index contributed by atoms with van der Waals surface area (Å²) < 4.78 is 10.2. The first kappa shape index (κ1) is 15.1. The minimum Gasteiger partial charge on any atom is -0.497 e. The second-order valence-electron chi connectivity index (χ2n) is 5.51. The van der Waals surface area contributed by atoms with E-state index < -0.39 is 0 Å². The van der Waals surface area contributed by atoms with E-state index in [1.807, 2.05) is 43.3 Å². The van der Waals surface area contributed by atoms with Gasteiger partial charge in [0.1, 0.15) is 11.5 Å². The monoisotopic (exact) mass is 310 g/mol. The summed E-state index contributed by atoms with van der Waals surface area (Å²) in [6.07, 6.45) is 0. The smallest absolute Gasteiger partial charge is 0.232 e. The van der Waals surface area contributed by atoms with Gasteiger partial charge in [0.25, 0.3) is 0 Å². The van der Waals surface area contributed by atoms with Crippen molar-refractivity contribution in [2.45, 2.75) is 19.8 Å². The molecule has 0 aliphatic carbocycles. The normalized spacial score (nSPS) is 12.1. The minimum absolute atomic E-state index is 0.119. The van der Waals surface area contributed by atoms with Gasteiger partial charge in [-0.2, -0.15) is 0 Å². The molecule has 1 N–H and O–H groups in total. The van der Waals surface area contributed by atoms with Crippen LogP contribution in [-0.4, -0.2) is 18.2 Å². The van der Waals surface area contributed by atoms with Crippen LogP contribution < -0.4 is 10.1 Å². The number of rotatable bonds is 4. The fraction of sp³-hybridized carbons (Fsp3) is 0.222. The number of ether oxygens (including phenoxy) is 1. The highest BCUT2D eigenvalue weighted by Crippen LogP contribution is 2.25. The Kier molecular flexibility index (Phi) is 4.02. The Hall–Kier alpha value is -2.82. The number of fused-ring (bicyclic) bond motifs is 1. The van der Waals surface area contributed by atoms with Crippen LogP contribution >= 0.6 is 0 Å². The van der Waals surface area contributed by atoms with Crippen molar-refractivity contribution in [2.24, 2.45) is 0 Å². The van der Waals surface area contributed by atoms with Gasteiger partial charge in [0.05, 0.1) is 13.0 Å². The number of nitrogens with zero attached hydrogens (tertiary/aromatic N) is 1. The molecule has 2 aromatic carbocycles. The molecule has 5 heteroatoms. The maximum absolute atomic E-state index is 12.3. The van der Waals surface area contributed by atoms with Gasteiger partial charge in [0.2, 0.25) is 5.91 Å². The van der Waals surface area contributed by atoms with Crippen LogP contribution in [0.15, 0.2) is 47.0 Å². The molecule has 0 spiro atoms. The lowest BCUT2D eigenvalue weighted by atomic mass is 9.97. The highest BCUT2D eigenvalue weighted by Gasteiger charge is 2.17. The average Bonchev–Trinajstić information content (AvgIpc) is 2.97. The average molecular weight is 310 g/mol. The van der Waals surface area contributed by atoms with E-state index in [4.69, 9.17) is 9.26 Å². The fourth-order valence-corrected chi connectivity index (χ4v) is 2.45. The summed E-state index contributed by atoms with van der Waals surface area (Å²) in [4.78, 5) is 12.3. The summed E-state index contributed by atoms with van der Waals surface area (Å²) in [5.74, 6) is 1.50. The molecular formula is C18H18N2O3. The molecule has 0 aliphatic heterocycles. The SMILES string of the molecule is COc1ccc2cc([C@@H](C)C(=O)Nc3cc(C)on3)ccc2c1. The highest BCUT2D eigenvalue weighted by atomic mass is 16.5. The number of carbonyl (C=O) groups is 1. The molecule has 1 heterocycles. The Morgan fingerprint density at radius 2 is 1.91 bits per heavy atom. The number of aryl methyl sites for hydroxylation is 1. The lowest BCUT2D eigenvalue weighted by molar-refractivity contribution is -0.117. The first-order valence-corrected chi connectivity index (χ1v) is 7.38. The fourth-order valence-electron chi connectivity index (χ4n) is 2.45. The lowest BCUT2D eigenvalue weighted by Gasteiger charge is -2.12. The Morgan fingerprint density at radius 3 is 2.61 bits per heavy atom. The van der Waals surface area contributed by atoms with Crippen molar-refractivity contribution in [2.75, 3.05) is 12.4 Å². The maximum atomic E-state index is 12.3. The molecule has 1 amide bonds. The molecule has 0 aliphatic rings. The third-order valence-corrected chi connectivity index (χ3v) is 3.84. The zero-order valence-corrected chi connectivity index (χ0v) is 13.3. The number of aromatic nitrogens is 1. The Bertz CT molecular complexity index is 854. The van der Waals surface area contributed by atoms with E-state index >= 15 is 0 Å². The number of methoxy groups -OCH3 is 1. The minimum atomic E-state index is -0.293. The number of carbonyl (C=O) groups excluding carboxylic acids is 1. The predicted molar refractivity (Wildman–Crippen MR) is 88.8 cm³/mol. The predicted octanol–water partition coefficient (Wildman–Crippen LogP) is 3.89. The van der Waals surface area contributed by atoms with E-state index in [-0.39, 0.29) is 11.8 Å². The summed E-state index contributed by atoms with van der Waals surface area (Å²) in [6.45, 7) is 3.65. The first-order valence-electron chi connectivity index (χ1n) is 7.38. The molecule has 0 bridgehead atoms. The Morgan fingerprint density at radius 1 is 1.17 bits per heavy atom. The molecule has 0 unspecified atom stereocenters. The summed E-state index contributed by atoms with van der Waals surface area (Å²) in [5, 5.41) is 8.69. The van der Waals surface area contributed by atoms with E-state index in [0.29, 0.717) is 11.6 Å². The number of anilines is 1. The highest BCUT2D eigenvalue weighted by molar-refractivity contribution is 5.95. The molecular weight excluding hydrogens is 292 g/mol. The van der Waals surface area contributed by atoms with Crippen LogP contribution in [0.1, 0.15) is 24.2 Å². The van der Waals surface area contributed by atoms with Crippen molar-refractivity contribution in [3.63, 3.8) is 0 Å².